The predicted octanol–water partition coefficient (Wildman–Crippen LogP) is 2.27. The van der Waals surface area contributed by atoms with Gasteiger partial charge < -0.3 is 31.2 Å². The molecule has 2 atom stereocenters. The fourth-order valence-corrected chi connectivity index (χ4v) is 2.42. The zero-order valence-corrected chi connectivity index (χ0v) is 18.8. The van der Waals surface area contributed by atoms with Gasteiger partial charge in [-0.25, -0.2) is 9.59 Å². The molecule has 0 spiro atoms. The van der Waals surface area contributed by atoms with Crippen LogP contribution in [0.4, 0.5) is 15.3 Å². The highest BCUT2D eigenvalue weighted by atomic mass is 16.6. The van der Waals surface area contributed by atoms with Crippen LogP contribution in [0.2, 0.25) is 0 Å². The first kappa shape index (κ1) is 25.7. The van der Waals surface area contributed by atoms with Crippen LogP contribution in [0, 0.1) is 5.92 Å². The molecule has 5 N–H and O–H groups in total. The third kappa shape index (κ3) is 9.83. The molecule has 10 nitrogen and oxygen atoms in total. The van der Waals surface area contributed by atoms with E-state index in [1.165, 1.54) is 6.92 Å². The molecule has 0 radical (unpaired) electrons. The molecule has 0 unspecified atom stereocenters. The number of hydrogen-bond acceptors (Lipinski definition) is 6. The van der Waals surface area contributed by atoms with Crippen molar-refractivity contribution >= 4 is 29.7 Å². The van der Waals surface area contributed by atoms with Crippen molar-refractivity contribution in [2.24, 2.45) is 11.7 Å². The molecule has 1 aromatic carbocycles. The van der Waals surface area contributed by atoms with Crippen LogP contribution in [-0.4, -0.2) is 41.7 Å². The molecule has 0 bridgehead atoms. The van der Waals surface area contributed by atoms with E-state index in [9.17, 15) is 19.2 Å². The molecule has 0 aromatic heterocycles. The van der Waals surface area contributed by atoms with Crippen molar-refractivity contribution in [1.82, 2.24) is 10.6 Å². The van der Waals surface area contributed by atoms with E-state index < -0.39 is 41.7 Å². The molecule has 0 heterocycles. The number of rotatable bonds is 8. The van der Waals surface area contributed by atoms with Crippen LogP contribution < -0.4 is 21.7 Å². The van der Waals surface area contributed by atoms with E-state index in [-0.39, 0.29) is 12.5 Å². The Balaban J connectivity index is 2.58. The molecule has 0 fully saturated rings. The normalized spacial score (nSPS) is 13.0. The topological polar surface area (TPSA) is 149 Å². The van der Waals surface area contributed by atoms with Crippen LogP contribution in [0.5, 0.6) is 0 Å². The summed E-state index contributed by atoms with van der Waals surface area (Å²) in [5.41, 5.74) is 5.74. The molecule has 0 aliphatic carbocycles. The lowest BCUT2D eigenvalue weighted by atomic mass is 10.1. The highest BCUT2D eigenvalue weighted by Crippen LogP contribution is 2.12. The Morgan fingerprint density at radius 3 is 2.06 bits per heavy atom. The van der Waals surface area contributed by atoms with E-state index in [2.05, 4.69) is 16.0 Å². The maximum Gasteiger partial charge on any atom is 0.407 e. The lowest BCUT2D eigenvalue weighted by Gasteiger charge is -2.22. The van der Waals surface area contributed by atoms with Gasteiger partial charge in [0.05, 0.1) is 0 Å². The van der Waals surface area contributed by atoms with Crippen molar-refractivity contribution in [3.63, 3.8) is 0 Å². The summed E-state index contributed by atoms with van der Waals surface area (Å²) < 4.78 is 9.98. The maximum atomic E-state index is 12.4. The monoisotopic (exact) mass is 436 g/mol. The number of hydrogen-bond donors (Lipinski definition) is 4. The summed E-state index contributed by atoms with van der Waals surface area (Å²) in [7, 11) is 0. The molecule has 1 rings (SSSR count). The molecule has 4 amide bonds. The van der Waals surface area contributed by atoms with Crippen LogP contribution in [0.3, 0.4) is 0 Å². The van der Waals surface area contributed by atoms with Gasteiger partial charge in [0.2, 0.25) is 5.91 Å². The zero-order valence-electron chi connectivity index (χ0n) is 18.8. The number of carbonyl (C=O) groups excluding carboxylic acids is 4. The number of nitrogens with one attached hydrogen (secondary N) is 3. The summed E-state index contributed by atoms with van der Waals surface area (Å²) in [6.07, 6.45) is -2.67. The number of ether oxygens (including phenoxy) is 2. The SMILES string of the molecule is CC(C)[C@H](OC(N)=O)C(=O)N[C@@H](C)C(=O)Nc1ccc(CNC(=O)OC(C)(C)C)cc1. The van der Waals surface area contributed by atoms with Crippen LogP contribution in [0.1, 0.15) is 47.1 Å². The second-order valence-electron chi connectivity index (χ2n) is 8.37. The lowest BCUT2D eigenvalue weighted by Crippen LogP contribution is -2.49. The summed E-state index contributed by atoms with van der Waals surface area (Å²) >= 11 is 0. The summed E-state index contributed by atoms with van der Waals surface area (Å²) in [5.74, 6) is -1.38. The molecule has 10 heteroatoms. The third-order valence-corrected chi connectivity index (χ3v) is 3.92. The highest BCUT2D eigenvalue weighted by Gasteiger charge is 2.28. The molecule has 0 saturated heterocycles. The van der Waals surface area contributed by atoms with Gasteiger partial charge in [-0.05, 0) is 51.3 Å². The number of amides is 4. The maximum absolute atomic E-state index is 12.4. The molecular weight excluding hydrogens is 404 g/mol. The molecule has 0 aliphatic rings. The van der Waals surface area contributed by atoms with Crippen LogP contribution >= 0.6 is 0 Å². The Hall–Kier alpha value is -3.30. The van der Waals surface area contributed by atoms with E-state index in [1.807, 2.05) is 0 Å². The first-order chi connectivity index (χ1) is 14.3. The first-order valence-electron chi connectivity index (χ1n) is 9.91. The third-order valence-electron chi connectivity index (χ3n) is 3.92. The van der Waals surface area contributed by atoms with Crippen LogP contribution in [0.15, 0.2) is 24.3 Å². The van der Waals surface area contributed by atoms with E-state index in [0.29, 0.717) is 5.69 Å². The Morgan fingerprint density at radius 1 is 1.00 bits per heavy atom. The van der Waals surface area contributed by atoms with Crippen LogP contribution in [0.25, 0.3) is 0 Å². The van der Waals surface area contributed by atoms with E-state index in [0.717, 1.165) is 5.56 Å². The molecular formula is C21H32N4O6. The standard InChI is InChI=1S/C21H32N4O6/c1-12(2)16(30-19(22)28)18(27)24-13(3)17(26)25-15-9-7-14(8-10-15)11-23-20(29)31-21(4,5)6/h7-10,12-13,16H,11H2,1-6H3,(H2,22,28)(H,23,29)(H,24,27)(H,25,26)/t13-,16-/m0/s1. The zero-order chi connectivity index (χ0) is 23.8. The summed E-state index contributed by atoms with van der Waals surface area (Å²) in [6.45, 7) is 10.5. The number of nitrogens with two attached hydrogens (primary N) is 1. The van der Waals surface area contributed by atoms with Crippen molar-refractivity contribution in [3.05, 3.63) is 29.8 Å². The quantitative estimate of drug-likeness (QED) is 0.491. The van der Waals surface area contributed by atoms with Crippen molar-refractivity contribution in [1.29, 1.82) is 0 Å². The molecule has 1 aromatic rings. The van der Waals surface area contributed by atoms with E-state index in [4.69, 9.17) is 15.2 Å². The summed E-state index contributed by atoms with van der Waals surface area (Å²) in [4.78, 5) is 47.3. The van der Waals surface area contributed by atoms with Crippen LogP contribution in [-0.2, 0) is 25.6 Å². The largest absolute Gasteiger partial charge is 0.444 e. The molecule has 0 aliphatic heterocycles. The Bertz CT molecular complexity index is 786. The van der Waals surface area contributed by atoms with E-state index >= 15 is 0 Å². The second kappa shape index (κ2) is 11.2. The average molecular weight is 437 g/mol. The van der Waals surface area contributed by atoms with Gasteiger partial charge in [-0.2, -0.15) is 0 Å². The van der Waals surface area contributed by atoms with Gasteiger partial charge in [0.1, 0.15) is 11.6 Å². The average Bonchev–Trinajstić information content (AvgIpc) is 2.63. The number of primary amides is 1. The van der Waals surface area contributed by atoms with E-state index in [1.54, 1.807) is 58.9 Å². The molecule has 0 saturated carbocycles. The first-order valence-corrected chi connectivity index (χ1v) is 9.91. The van der Waals surface area contributed by atoms with Gasteiger partial charge in [0.15, 0.2) is 6.10 Å². The number of carbonyl (C=O) groups is 4. The fraction of sp³-hybridized carbons (Fsp3) is 0.524. The minimum Gasteiger partial charge on any atom is -0.444 e. The van der Waals surface area contributed by atoms with Crippen molar-refractivity contribution < 1.29 is 28.7 Å². The molecule has 31 heavy (non-hydrogen) atoms. The van der Waals surface area contributed by atoms with Gasteiger partial charge in [-0.3, -0.25) is 9.59 Å². The summed E-state index contributed by atoms with van der Waals surface area (Å²) in [6, 6.07) is 5.95. The van der Waals surface area contributed by atoms with Gasteiger partial charge >= 0.3 is 12.2 Å². The lowest BCUT2D eigenvalue weighted by molar-refractivity contribution is -0.134. The number of anilines is 1. The number of alkyl carbamates (subject to hydrolysis) is 1. The highest BCUT2D eigenvalue weighted by molar-refractivity contribution is 5.97. The minimum atomic E-state index is -1.09. The van der Waals surface area contributed by atoms with Crippen molar-refractivity contribution in [2.75, 3.05) is 5.32 Å². The van der Waals surface area contributed by atoms with Gasteiger partial charge in [0, 0.05) is 12.2 Å². The summed E-state index contributed by atoms with van der Waals surface area (Å²) in [5, 5.41) is 7.83. The Kier molecular flexibility index (Phi) is 9.29. The van der Waals surface area contributed by atoms with Gasteiger partial charge in [0.25, 0.3) is 5.91 Å². The second-order valence-corrected chi connectivity index (χ2v) is 8.37. The predicted molar refractivity (Wildman–Crippen MR) is 115 cm³/mol. The van der Waals surface area contributed by atoms with Gasteiger partial charge in [-0.1, -0.05) is 26.0 Å². The molecule has 172 valence electrons. The van der Waals surface area contributed by atoms with Gasteiger partial charge in [-0.15, -0.1) is 0 Å². The van der Waals surface area contributed by atoms with Crippen molar-refractivity contribution in [3.8, 4) is 0 Å². The fourth-order valence-electron chi connectivity index (χ4n) is 2.42. The number of benzene rings is 1. The van der Waals surface area contributed by atoms with Crippen molar-refractivity contribution in [2.45, 2.75) is 65.8 Å². The smallest absolute Gasteiger partial charge is 0.407 e. The minimum absolute atomic E-state index is 0.270. The Labute approximate surface area is 182 Å². The Morgan fingerprint density at radius 2 is 1.58 bits per heavy atom.